The molecule has 0 aliphatic carbocycles. The van der Waals surface area contributed by atoms with E-state index in [0.717, 1.165) is 53.7 Å². The summed E-state index contributed by atoms with van der Waals surface area (Å²) in [6.45, 7) is 1.92. The van der Waals surface area contributed by atoms with Gasteiger partial charge in [-0.1, -0.05) is 17.7 Å². The number of carbonyl (C=O) groups is 2. The van der Waals surface area contributed by atoms with Crippen molar-refractivity contribution in [3.8, 4) is 0 Å². The Bertz CT molecular complexity index is 837. The van der Waals surface area contributed by atoms with Gasteiger partial charge < -0.3 is 15.7 Å². The van der Waals surface area contributed by atoms with E-state index in [9.17, 15) is 9.59 Å². The first-order chi connectivity index (χ1) is 12.9. The van der Waals surface area contributed by atoms with Gasteiger partial charge >= 0.3 is 6.09 Å². The highest BCUT2D eigenvalue weighted by Crippen LogP contribution is 2.28. The van der Waals surface area contributed by atoms with Gasteiger partial charge in [-0.2, -0.15) is 0 Å². The van der Waals surface area contributed by atoms with Crippen molar-refractivity contribution in [3.05, 3.63) is 35.6 Å². The zero-order chi connectivity index (χ0) is 19.4. The number of aromatic nitrogens is 1. The van der Waals surface area contributed by atoms with Crippen LogP contribution in [0, 0.1) is 5.92 Å². The quantitative estimate of drug-likeness (QED) is 0.738. The van der Waals surface area contributed by atoms with Crippen LogP contribution in [0.3, 0.4) is 0 Å². The van der Waals surface area contributed by atoms with Crippen molar-refractivity contribution in [2.75, 3.05) is 31.1 Å². The van der Waals surface area contributed by atoms with E-state index in [1.807, 2.05) is 6.07 Å². The zero-order valence-corrected chi connectivity index (χ0v) is 15.7. The van der Waals surface area contributed by atoms with Crippen LogP contribution in [0.4, 0.5) is 10.5 Å². The number of primary amides is 1. The number of fused-ring (bicyclic) bond motifs is 1. The van der Waals surface area contributed by atoms with Crippen LogP contribution in [0.2, 0.25) is 5.15 Å². The summed E-state index contributed by atoms with van der Waals surface area (Å²) in [7, 11) is 0. The summed E-state index contributed by atoms with van der Waals surface area (Å²) in [5.74, 6) is -0.186. The third kappa shape index (κ3) is 5.01. The molecule has 0 saturated carbocycles. The molecule has 2 amide bonds. The number of rotatable bonds is 6. The van der Waals surface area contributed by atoms with E-state index in [4.69, 9.17) is 22.4 Å². The average molecular weight is 391 g/mol. The highest BCUT2D eigenvalue weighted by atomic mass is 35.5. The third-order valence-electron chi connectivity index (χ3n) is 5.08. The Morgan fingerprint density at radius 2 is 2.00 bits per heavy atom. The Labute approximate surface area is 162 Å². The standard InChI is InChI=1S/C19H23ClN4O3/c20-17-10-15-9-16(2-1-14(15)11-22-17)23-6-3-13(4-7-23)5-8-24(19(26)27)12-18(21)25/h1-2,9-11,13H,3-8,12H2,(H2,21,25)(H,26,27). The molecule has 0 unspecified atom stereocenters. The Balaban J connectivity index is 1.55. The number of piperidine rings is 1. The largest absolute Gasteiger partial charge is 0.465 e. The molecule has 3 rings (SSSR count). The number of hydrogen-bond donors (Lipinski definition) is 2. The highest BCUT2D eigenvalue weighted by Gasteiger charge is 2.22. The second-order valence-electron chi connectivity index (χ2n) is 6.93. The van der Waals surface area contributed by atoms with Crippen LogP contribution in [0.1, 0.15) is 19.3 Å². The molecule has 2 heterocycles. The maximum atomic E-state index is 11.2. The molecule has 1 aromatic carbocycles. The van der Waals surface area contributed by atoms with Crippen molar-refractivity contribution in [1.29, 1.82) is 0 Å². The molecule has 3 N–H and O–H groups in total. The average Bonchev–Trinajstić information content (AvgIpc) is 2.64. The number of pyridine rings is 1. The first-order valence-electron chi connectivity index (χ1n) is 8.99. The Kier molecular flexibility index (Phi) is 6.01. The van der Waals surface area contributed by atoms with Crippen LogP contribution in [0.5, 0.6) is 0 Å². The van der Waals surface area contributed by atoms with E-state index in [2.05, 4.69) is 28.1 Å². The molecule has 8 heteroatoms. The van der Waals surface area contributed by atoms with Gasteiger partial charge in [0.15, 0.2) is 0 Å². The number of carbonyl (C=O) groups excluding carboxylic acids is 1. The summed E-state index contributed by atoms with van der Waals surface area (Å²) < 4.78 is 0. The number of halogens is 1. The second-order valence-corrected chi connectivity index (χ2v) is 7.32. The van der Waals surface area contributed by atoms with Gasteiger partial charge in [-0.25, -0.2) is 9.78 Å². The van der Waals surface area contributed by atoms with E-state index >= 15 is 0 Å². The fraction of sp³-hybridized carbons (Fsp3) is 0.421. The number of nitrogens with zero attached hydrogens (tertiary/aromatic N) is 3. The van der Waals surface area contributed by atoms with Gasteiger partial charge in [-0.3, -0.25) is 9.69 Å². The minimum Gasteiger partial charge on any atom is -0.465 e. The Morgan fingerprint density at radius 3 is 2.67 bits per heavy atom. The van der Waals surface area contributed by atoms with Crippen molar-refractivity contribution in [2.24, 2.45) is 11.7 Å². The molecule has 0 spiro atoms. The van der Waals surface area contributed by atoms with Gasteiger partial charge in [0.05, 0.1) is 0 Å². The van der Waals surface area contributed by atoms with E-state index < -0.39 is 12.0 Å². The second kappa shape index (κ2) is 8.43. The smallest absolute Gasteiger partial charge is 0.407 e. The topological polar surface area (TPSA) is 99.8 Å². The minimum absolute atomic E-state index is 0.247. The number of benzene rings is 1. The predicted octanol–water partition coefficient (Wildman–Crippen LogP) is 2.96. The number of hydrogen-bond acceptors (Lipinski definition) is 4. The van der Waals surface area contributed by atoms with Gasteiger partial charge in [0.2, 0.25) is 5.91 Å². The molecule has 0 atom stereocenters. The predicted molar refractivity (Wildman–Crippen MR) is 105 cm³/mol. The van der Waals surface area contributed by atoms with Gasteiger partial charge in [0.25, 0.3) is 0 Å². The van der Waals surface area contributed by atoms with Gasteiger partial charge in [-0.05, 0) is 48.8 Å². The molecule has 0 radical (unpaired) electrons. The fourth-order valence-corrected chi connectivity index (χ4v) is 3.71. The number of anilines is 1. The summed E-state index contributed by atoms with van der Waals surface area (Å²) in [6.07, 6.45) is 3.38. The maximum Gasteiger partial charge on any atom is 0.407 e. The Morgan fingerprint density at radius 1 is 1.26 bits per heavy atom. The SMILES string of the molecule is NC(=O)CN(CCC1CCN(c2ccc3cnc(Cl)cc3c2)CC1)C(=O)O. The highest BCUT2D eigenvalue weighted by molar-refractivity contribution is 6.30. The lowest BCUT2D eigenvalue weighted by Gasteiger charge is -2.34. The summed E-state index contributed by atoms with van der Waals surface area (Å²) in [6, 6.07) is 8.14. The van der Waals surface area contributed by atoms with E-state index in [-0.39, 0.29) is 6.54 Å². The first kappa shape index (κ1) is 19.2. The lowest BCUT2D eigenvalue weighted by atomic mass is 9.93. The van der Waals surface area contributed by atoms with Crippen molar-refractivity contribution in [2.45, 2.75) is 19.3 Å². The van der Waals surface area contributed by atoms with Gasteiger partial charge in [-0.15, -0.1) is 0 Å². The van der Waals surface area contributed by atoms with E-state index in [1.165, 1.54) is 0 Å². The minimum atomic E-state index is -1.10. The number of carboxylic acid groups (broad SMARTS) is 1. The van der Waals surface area contributed by atoms with Crippen LogP contribution < -0.4 is 10.6 Å². The molecule has 1 aromatic heterocycles. The van der Waals surface area contributed by atoms with E-state index in [1.54, 1.807) is 6.20 Å². The van der Waals surface area contributed by atoms with Crippen molar-refractivity contribution in [1.82, 2.24) is 9.88 Å². The molecule has 1 fully saturated rings. The van der Waals surface area contributed by atoms with Crippen LogP contribution in [0.25, 0.3) is 10.8 Å². The summed E-state index contributed by atoms with van der Waals surface area (Å²) >= 11 is 5.99. The van der Waals surface area contributed by atoms with E-state index in [0.29, 0.717) is 17.6 Å². The summed E-state index contributed by atoms with van der Waals surface area (Å²) in [5.41, 5.74) is 6.27. The third-order valence-corrected chi connectivity index (χ3v) is 5.28. The normalized spacial score (nSPS) is 15.1. The van der Waals surface area contributed by atoms with Crippen molar-refractivity contribution in [3.63, 3.8) is 0 Å². The fourth-order valence-electron chi connectivity index (χ4n) is 3.55. The molecule has 0 bridgehead atoms. The molecule has 144 valence electrons. The lowest BCUT2D eigenvalue weighted by Crippen LogP contribution is -2.40. The van der Waals surface area contributed by atoms with Crippen molar-refractivity contribution >= 4 is 40.1 Å². The molecular weight excluding hydrogens is 368 g/mol. The van der Waals surface area contributed by atoms with Crippen LogP contribution in [-0.4, -0.2) is 53.2 Å². The van der Waals surface area contributed by atoms with Crippen LogP contribution >= 0.6 is 11.6 Å². The van der Waals surface area contributed by atoms with Gasteiger partial charge in [0.1, 0.15) is 11.7 Å². The molecule has 27 heavy (non-hydrogen) atoms. The molecule has 1 saturated heterocycles. The molecular formula is C19H23ClN4O3. The van der Waals surface area contributed by atoms with Crippen molar-refractivity contribution < 1.29 is 14.7 Å². The maximum absolute atomic E-state index is 11.2. The summed E-state index contributed by atoms with van der Waals surface area (Å²) in [5, 5.41) is 11.8. The summed E-state index contributed by atoms with van der Waals surface area (Å²) in [4.78, 5) is 29.7. The molecule has 7 nitrogen and oxygen atoms in total. The van der Waals surface area contributed by atoms with Crippen LogP contribution in [-0.2, 0) is 4.79 Å². The zero-order valence-electron chi connectivity index (χ0n) is 15.0. The number of amides is 2. The van der Waals surface area contributed by atoms with Gasteiger partial charge in [0, 0.05) is 36.9 Å². The lowest BCUT2D eigenvalue weighted by molar-refractivity contribution is -0.118. The monoisotopic (exact) mass is 390 g/mol. The Hall–Kier alpha value is -2.54. The molecule has 2 aromatic rings. The molecule has 1 aliphatic heterocycles. The molecule has 1 aliphatic rings. The first-order valence-corrected chi connectivity index (χ1v) is 9.36. The van der Waals surface area contributed by atoms with Crippen LogP contribution in [0.15, 0.2) is 30.5 Å². The number of nitrogens with two attached hydrogens (primary N) is 1.